The van der Waals surface area contributed by atoms with E-state index in [1.165, 1.54) is 24.2 Å². The molecule has 2 amide bonds. The number of anilines is 1. The van der Waals surface area contributed by atoms with E-state index in [2.05, 4.69) is 10.3 Å². The standard InChI is InChI=1S/C14H21N3O2S/c1-3-4-13(19)17(8-11-5-6-11)9-12(18)16-14-15-7-10(2)20-14/h7,11H,3-6,8-9H2,1-2H3,(H,15,16,18). The van der Waals surface area contributed by atoms with Crippen LogP contribution in [-0.4, -0.2) is 34.8 Å². The third-order valence-electron chi connectivity index (χ3n) is 3.19. The molecule has 0 unspecified atom stereocenters. The molecule has 6 heteroatoms. The first-order chi connectivity index (χ1) is 9.58. The van der Waals surface area contributed by atoms with Crippen molar-refractivity contribution < 1.29 is 9.59 Å². The summed E-state index contributed by atoms with van der Waals surface area (Å²) < 4.78 is 0. The molecule has 1 N–H and O–H groups in total. The summed E-state index contributed by atoms with van der Waals surface area (Å²) in [6.45, 7) is 4.76. The lowest BCUT2D eigenvalue weighted by Gasteiger charge is -2.21. The zero-order valence-electron chi connectivity index (χ0n) is 12.0. The highest BCUT2D eigenvalue weighted by atomic mass is 32.1. The first kappa shape index (κ1) is 15.0. The fraction of sp³-hybridized carbons (Fsp3) is 0.643. The van der Waals surface area contributed by atoms with Crippen LogP contribution in [0, 0.1) is 12.8 Å². The predicted octanol–water partition coefficient (Wildman–Crippen LogP) is 2.43. The van der Waals surface area contributed by atoms with Gasteiger partial charge < -0.3 is 10.2 Å². The summed E-state index contributed by atoms with van der Waals surface area (Å²) in [6.07, 6.45) is 5.39. The SMILES string of the molecule is CCCC(=O)N(CC(=O)Nc1ncc(C)s1)CC1CC1. The molecule has 0 saturated heterocycles. The maximum absolute atomic E-state index is 12.0. The maximum Gasteiger partial charge on any atom is 0.245 e. The van der Waals surface area contributed by atoms with E-state index in [4.69, 9.17) is 0 Å². The molecule has 0 aliphatic heterocycles. The number of rotatable bonds is 7. The minimum Gasteiger partial charge on any atom is -0.333 e. The molecule has 1 heterocycles. The van der Waals surface area contributed by atoms with Crippen LogP contribution < -0.4 is 5.32 Å². The Bertz CT molecular complexity index is 483. The van der Waals surface area contributed by atoms with Crippen molar-refractivity contribution in [1.29, 1.82) is 0 Å². The van der Waals surface area contributed by atoms with Crippen LogP contribution in [0.2, 0.25) is 0 Å². The molecule has 1 aromatic rings. The first-order valence-corrected chi connectivity index (χ1v) is 7.90. The summed E-state index contributed by atoms with van der Waals surface area (Å²) in [5.41, 5.74) is 0. The molecule has 1 fully saturated rings. The van der Waals surface area contributed by atoms with E-state index < -0.39 is 0 Å². The quantitative estimate of drug-likeness (QED) is 0.840. The third kappa shape index (κ3) is 4.59. The second-order valence-electron chi connectivity index (χ2n) is 5.29. The van der Waals surface area contributed by atoms with Crippen LogP contribution in [-0.2, 0) is 9.59 Å². The number of hydrogen-bond donors (Lipinski definition) is 1. The monoisotopic (exact) mass is 295 g/mol. The molecule has 0 aromatic carbocycles. The molecule has 0 spiro atoms. The van der Waals surface area contributed by atoms with Gasteiger partial charge in [0.05, 0.1) is 6.54 Å². The zero-order valence-corrected chi connectivity index (χ0v) is 12.8. The number of nitrogens with one attached hydrogen (secondary N) is 1. The highest BCUT2D eigenvalue weighted by Gasteiger charge is 2.27. The van der Waals surface area contributed by atoms with Gasteiger partial charge in [0.1, 0.15) is 0 Å². The number of aryl methyl sites for hydroxylation is 1. The number of aromatic nitrogens is 1. The summed E-state index contributed by atoms with van der Waals surface area (Å²) >= 11 is 1.44. The first-order valence-electron chi connectivity index (χ1n) is 7.08. The van der Waals surface area contributed by atoms with Crippen molar-refractivity contribution in [2.75, 3.05) is 18.4 Å². The number of thiazole rings is 1. The van der Waals surface area contributed by atoms with Crippen molar-refractivity contribution in [3.8, 4) is 0 Å². The Morgan fingerprint density at radius 3 is 2.80 bits per heavy atom. The molecule has 1 aliphatic carbocycles. The Balaban J connectivity index is 1.88. The van der Waals surface area contributed by atoms with Crippen molar-refractivity contribution in [3.05, 3.63) is 11.1 Å². The number of carbonyl (C=O) groups excluding carboxylic acids is 2. The molecule has 1 aromatic heterocycles. The van der Waals surface area contributed by atoms with Gasteiger partial charge in [-0.2, -0.15) is 0 Å². The molecule has 110 valence electrons. The molecular formula is C14H21N3O2S. The van der Waals surface area contributed by atoms with Gasteiger partial charge in [-0.15, -0.1) is 11.3 Å². The predicted molar refractivity (Wildman–Crippen MR) is 79.7 cm³/mol. The summed E-state index contributed by atoms with van der Waals surface area (Å²) in [7, 11) is 0. The normalized spacial score (nSPS) is 14.1. The molecule has 1 saturated carbocycles. The van der Waals surface area contributed by atoms with Crippen LogP contribution in [0.3, 0.4) is 0 Å². The van der Waals surface area contributed by atoms with Gasteiger partial charge in [0.15, 0.2) is 5.13 Å². The summed E-state index contributed by atoms with van der Waals surface area (Å²) in [5.74, 6) is 0.500. The van der Waals surface area contributed by atoms with Crippen molar-refractivity contribution in [1.82, 2.24) is 9.88 Å². The van der Waals surface area contributed by atoms with Gasteiger partial charge in [0, 0.05) is 24.0 Å². The van der Waals surface area contributed by atoms with E-state index in [1.807, 2.05) is 13.8 Å². The Morgan fingerprint density at radius 2 is 2.25 bits per heavy atom. The van der Waals surface area contributed by atoms with Crippen LogP contribution in [0.4, 0.5) is 5.13 Å². The fourth-order valence-electron chi connectivity index (χ4n) is 1.98. The third-order valence-corrected chi connectivity index (χ3v) is 4.02. The number of hydrogen-bond acceptors (Lipinski definition) is 4. The minimum atomic E-state index is -0.163. The molecule has 2 rings (SSSR count). The van der Waals surface area contributed by atoms with Gasteiger partial charge in [0.25, 0.3) is 0 Å². The number of amides is 2. The Hall–Kier alpha value is -1.43. The second kappa shape index (κ2) is 6.83. The summed E-state index contributed by atoms with van der Waals surface area (Å²) in [6, 6.07) is 0. The number of nitrogens with zero attached hydrogens (tertiary/aromatic N) is 2. The van der Waals surface area contributed by atoms with Gasteiger partial charge in [-0.1, -0.05) is 6.92 Å². The van der Waals surface area contributed by atoms with Crippen molar-refractivity contribution in [3.63, 3.8) is 0 Å². The molecule has 0 bridgehead atoms. The van der Waals surface area contributed by atoms with E-state index >= 15 is 0 Å². The smallest absolute Gasteiger partial charge is 0.245 e. The average molecular weight is 295 g/mol. The lowest BCUT2D eigenvalue weighted by molar-refractivity contribution is -0.135. The lowest BCUT2D eigenvalue weighted by Crippen LogP contribution is -2.39. The van der Waals surface area contributed by atoms with Crippen LogP contribution >= 0.6 is 11.3 Å². The Morgan fingerprint density at radius 1 is 1.50 bits per heavy atom. The van der Waals surface area contributed by atoms with E-state index in [9.17, 15) is 9.59 Å². The molecule has 20 heavy (non-hydrogen) atoms. The van der Waals surface area contributed by atoms with E-state index in [0.717, 1.165) is 11.3 Å². The van der Waals surface area contributed by atoms with Gasteiger partial charge >= 0.3 is 0 Å². The molecule has 5 nitrogen and oxygen atoms in total. The van der Waals surface area contributed by atoms with Gasteiger partial charge in [-0.05, 0) is 32.1 Å². The van der Waals surface area contributed by atoms with E-state index in [0.29, 0.717) is 24.0 Å². The van der Waals surface area contributed by atoms with Crippen molar-refractivity contribution >= 4 is 28.3 Å². The number of carbonyl (C=O) groups is 2. The molecular weight excluding hydrogens is 274 g/mol. The van der Waals surface area contributed by atoms with Crippen molar-refractivity contribution in [2.45, 2.75) is 39.5 Å². The Kier molecular flexibility index (Phi) is 5.11. The minimum absolute atomic E-state index is 0.0740. The fourth-order valence-corrected chi connectivity index (χ4v) is 2.66. The summed E-state index contributed by atoms with van der Waals surface area (Å²) in [5, 5.41) is 3.36. The largest absolute Gasteiger partial charge is 0.333 e. The van der Waals surface area contributed by atoms with Crippen molar-refractivity contribution in [2.24, 2.45) is 5.92 Å². The Labute approximate surface area is 123 Å². The topological polar surface area (TPSA) is 62.3 Å². The van der Waals surface area contributed by atoms with Crippen LogP contribution in [0.15, 0.2) is 6.20 Å². The highest BCUT2D eigenvalue weighted by Crippen LogP contribution is 2.30. The van der Waals surface area contributed by atoms with E-state index in [1.54, 1.807) is 11.1 Å². The van der Waals surface area contributed by atoms with Crippen LogP contribution in [0.5, 0.6) is 0 Å². The van der Waals surface area contributed by atoms with Gasteiger partial charge in [0.2, 0.25) is 11.8 Å². The average Bonchev–Trinajstić information content (AvgIpc) is 3.11. The highest BCUT2D eigenvalue weighted by molar-refractivity contribution is 7.15. The second-order valence-corrected chi connectivity index (χ2v) is 6.53. The van der Waals surface area contributed by atoms with Crippen LogP contribution in [0.25, 0.3) is 0 Å². The van der Waals surface area contributed by atoms with Crippen LogP contribution in [0.1, 0.15) is 37.5 Å². The van der Waals surface area contributed by atoms with Gasteiger partial charge in [-0.25, -0.2) is 4.98 Å². The van der Waals surface area contributed by atoms with E-state index in [-0.39, 0.29) is 18.4 Å². The van der Waals surface area contributed by atoms with Gasteiger partial charge in [-0.3, -0.25) is 9.59 Å². The maximum atomic E-state index is 12.0. The lowest BCUT2D eigenvalue weighted by atomic mass is 10.2. The zero-order chi connectivity index (χ0) is 14.5. The molecule has 1 aliphatic rings. The summed E-state index contributed by atoms with van der Waals surface area (Å²) in [4.78, 5) is 30.9. The molecule has 0 radical (unpaired) electrons. The molecule has 0 atom stereocenters.